The Morgan fingerprint density at radius 2 is 2.57 bits per heavy atom. The summed E-state index contributed by atoms with van der Waals surface area (Å²) < 4.78 is 0. The highest BCUT2D eigenvalue weighted by Gasteiger charge is 2.25. The van der Waals surface area contributed by atoms with Crippen LogP contribution < -0.4 is 5.43 Å². The van der Waals surface area contributed by atoms with Crippen LogP contribution >= 0.6 is 11.3 Å². The summed E-state index contributed by atoms with van der Waals surface area (Å²) in [6, 6.07) is 3.86. The van der Waals surface area contributed by atoms with Gasteiger partial charge in [0.05, 0.1) is 17.2 Å². The zero-order valence-corrected chi connectivity index (χ0v) is 8.25. The Morgan fingerprint density at radius 1 is 1.71 bits per heavy atom. The van der Waals surface area contributed by atoms with Crippen LogP contribution in [0.2, 0.25) is 0 Å². The number of hydrogen-bond donors (Lipinski definition) is 2. The van der Waals surface area contributed by atoms with E-state index in [1.54, 1.807) is 11.3 Å². The molecule has 1 amide bonds. The highest BCUT2D eigenvalue weighted by molar-refractivity contribution is 7.12. The van der Waals surface area contributed by atoms with E-state index in [0.717, 1.165) is 10.6 Å². The SMILES string of the molecule is O=C1CC(CO)C(c2cccs2)=NN1. The first-order chi connectivity index (χ1) is 6.81. The van der Waals surface area contributed by atoms with Gasteiger partial charge in [-0.2, -0.15) is 5.10 Å². The lowest BCUT2D eigenvalue weighted by atomic mass is 9.98. The Morgan fingerprint density at radius 3 is 3.21 bits per heavy atom. The molecule has 14 heavy (non-hydrogen) atoms. The van der Waals surface area contributed by atoms with Crippen LogP contribution in [0.15, 0.2) is 22.6 Å². The first kappa shape index (κ1) is 9.36. The van der Waals surface area contributed by atoms with Gasteiger partial charge in [0.1, 0.15) is 0 Å². The van der Waals surface area contributed by atoms with Crippen molar-refractivity contribution in [2.24, 2.45) is 11.0 Å². The van der Waals surface area contributed by atoms with E-state index in [1.165, 1.54) is 0 Å². The van der Waals surface area contributed by atoms with Crippen LogP contribution in [0.25, 0.3) is 0 Å². The highest BCUT2D eigenvalue weighted by Crippen LogP contribution is 2.19. The smallest absolute Gasteiger partial charge is 0.240 e. The van der Waals surface area contributed by atoms with E-state index < -0.39 is 0 Å². The van der Waals surface area contributed by atoms with Gasteiger partial charge in [-0.05, 0) is 11.4 Å². The van der Waals surface area contributed by atoms with E-state index in [-0.39, 0.29) is 18.4 Å². The molecule has 1 aromatic heterocycles. The molecule has 1 unspecified atom stereocenters. The fraction of sp³-hybridized carbons (Fsp3) is 0.333. The lowest BCUT2D eigenvalue weighted by Crippen LogP contribution is -2.34. The lowest BCUT2D eigenvalue weighted by Gasteiger charge is -2.19. The molecule has 1 atom stereocenters. The van der Waals surface area contributed by atoms with Crippen LogP contribution in [0.1, 0.15) is 11.3 Å². The quantitative estimate of drug-likeness (QED) is 0.750. The first-order valence-corrected chi connectivity index (χ1v) is 5.20. The minimum atomic E-state index is -0.164. The van der Waals surface area contributed by atoms with Gasteiger partial charge in [0.15, 0.2) is 0 Å². The number of aliphatic hydroxyl groups is 1. The van der Waals surface area contributed by atoms with E-state index >= 15 is 0 Å². The molecule has 0 aromatic carbocycles. The van der Waals surface area contributed by atoms with Gasteiger partial charge in [-0.1, -0.05) is 6.07 Å². The molecule has 0 spiro atoms. The number of amides is 1. The average molecular weight is 210 g/mol. The third kappa shape index (κ3) is 1.69. The van der Waals surface area contributed by atoms with Crippen LogP contribution in [0, 0.1) is 5.92 Å². The standard InChI is InChI=1S/C9H10N2O2S/c12-5-6-4-8(13)10-11-9(6)7-2-1-3-14-7/h1-3,6,12H,4-5H2,(H,10,13). The molecule has 1 aliphatic rings. The molecule has 0 bridgehead atoms. The number of carbonyl (C=O) groups is 1. The monoisotopic (exact) mass is 210 g/mol. The maximum absolute atomic E-state index is 11.0. The van der Waals surface area contributed by atoms with Gasteiger partial charge in [0.25, 0.3) is 0 Å². The molecular formula is C9H10N2O2S. The van der Waals surface area contributed by atoms with Gasteiger partial charge in [-0.15, -0.1) is 11.3 Å². The molecule has 2 heterocycles. The number of carbonyl (C=O) groups excluding carboxylic acids is 1. The molecule has 4 nitrogen and oxygen atoms in total. The Kier molecular flexibility index (Phi) is 2.60. The predicted octanol–water partition coefficient (Wildman–Crippen LogP) is 0.581. The van der Waals surface area contributed by atoms with Gasteiger partial charge in [-0.25, -0.2) is 5.43 Å². The first-order valence-electron chi connectivity index (χ1n) is 4.32. The Labute approximate surface area is 85.3 Å². The molecule has 5 heteroatoms. The van der Waals surface area contributed by atoms with Crippen LogP contribution in [0.3, 0.4) is 0 Å². The summed E-state index contributed by atoms with van der Waals surface area (Å²) in [4.78, 5) is 12.0. The van der Waals surface area contributed by atoms with E-state index in [2.05, 4.69) is 10.5 Å². The zero-order chi connectivity index (χ0) is 9.97. The predicted molar refractivity (Wildman–Crippen MR) is 54.2 cm³/mol. The second-order valence-corrected chi connectivity index (χ2v) is 4.04. The largest absolute Gasteiger partial charge is 0.396 e. The number of hydrazone groups is 1. The molecule has 1 aliphatic heterocycles. The minimum Gasteiger partial charge on any atom is -0.396 e. The van der Waals surface area contributed by atoms with Crippen LogP contribution in [0.4, 0.5) is 0 Å². The molecule has 2 N–H and O–H groups in total. The summed E-state index contributed by atoms with van der Waals surface area (Å²) in [6.07, 6.45) is 0.313. The van der Waals surface area contributed by atoms with Crippen molar-refractivity contribution in [2.45, 2.75) is 6.42 Å². The molecule has 0 saturated heterocycles. The summed E-state index contributed by atoms with van der Waals surface area (Å²) in [5.41, 5.74) is 3.21. The Balaban J connectivity index is 2.29. The average Bonchev–Trinajstić information content (AvgIpc) is 2.70. The Hall–Kier alpha value is -1.20. The lowest BCUT2D eigenvalue weighted by molar-refractivity contribution is -0.122. The fourth-order valence-corrected chi connectivity index (χ4v) is 2.21. The third-order valence-corrected chi connectivity index (χ3v) is 3.01. The number of rotatable bonds is 2. The summed E-state index contributed by atoms with van der Waals surface area (Å²) >= 11 is 1.56. The number of nitrogens with one attached hydrogen (secondary N) is 1. The molecule has 74 valence electrons. The molecule has 1 aromatic rings. The summed E-state index contributed by atoms with van der Waals surface area (Å²) in [6.45, 7) is -0.0375. The van der Waals surface area contributed by atoms with Gasteiger partial charge >= 0.3 is 0 Å². The van der Waals surface area contributed by atoms with Crippen molar-refractivity contribution < 1.29 is 9.90 Å². The molecule has 0 fully saturated rings. The summed E-state index contributed by atoms with van der Waals surface area (Å²) in [5, 5.41) is 15.0. The maximum Gasteiger partial charge on any atom is 0.240 e. The highest BCUT2D eigenvalue weighted by atomic mass is 32.1. The molecule has 0 radical (unpaired) electrons. The van der Waals surface area contributed by atoms with E-state index in [9.17, 15) is 4.79 Å². The molecule has 0 aliphatic carbocycles. The van der Waals surface area contributed by atoms with Crippen LogP contribution in [-0.4, -0.2) is 23.3 Å². The van der Waals surface area contributed by atoms with Crippen LogP contribution in [0.5, 0.6) is 0 Å². The normalized spacial score (nSPS) is 21.6. The number of hydrogen-bond acceptors (Lipinski definition) is 4. The van der Waals surface area contributed by atoms with Gasteiger partial charge < -0.3 is 5.11 Å². The summed E-state index contributed by atoms with van der Waals surface area (Å²) in [5.74, 6) is -0.299. The molecule has 0 saturated carbocycles. The second-order valence-electron chi connectivity index (χ2n) is 3.09. The molecular weight excluding hydrogens is 200 g/mol. The van der Waals surface area contributed by atoms with Crippen molar-refractivity contribution in [1.82, 2.24) is 5.43 Å². The Bertz CT molecular complexity index is 359. The van der Waals surface area contributed by atoms with Gasteiger partial charge in [-0.3, -0.25) is 4.79 Å². The molecule has 2 rings (SSSR count). The van der Waals surface area contributed by atoms with Crippen molar-refractivity contribution in [2.75, 3.05) is 6.61 Å². The number of aliphatic hydroxyl groups excluding tert-OH is 1. The van der Waals surface area contributed by atoms with Crippen molar-refractivity contribution >= 4 is 23.0 Å². The number of thiophene rings is 1. The minimum absolute atomic E-state index is 0.0375. The van der Waals surface area contributed by atoms with E-state index in [1.807, 2.05) is 17.5 Å². The maximum atomic E-state index is 11.0. The van der Waals surface area contributed by atoms with Crippen LogP contribution in [-0.2, 0) is 4.79 Å². The van der Waals surface area contributed by atoms with Crippen molar-refractivity contribution in [3.8, 4) is 0 Å². The van der Waals surface area contributed by atoms with Crippen molar-refractivity contribution in [3.63, 3.8) is 0 Å². The van der Waals surface area contributed by atoms with Crippen molar-refractivity contribution in [3.05, 3.63) is 22.4 Å². The van der Waals surface area contributed by atoms with E-state index in [4.69, 9.17) is 5.11 Å². The van der Waals surface area contributed by atoms with E-state index in [0.29, 0.717) is 6.42 Å². The van der Waals surface area contributed by atoms with Gasteiger partial charge in [0, 0.05) is 12.3 Å². The second kappa shape index (κ2) is 3.89. The zero-order valence-electron chi connectivity index (χ0n) is 7.43. The topological polar surface area (TPSA) is 61.7 Å². The van der Waals surface area contributed by atoms with Gasteiger partial charge in [0.2, 0.25) is 5.91 Å². The third-order valence-electron chi connectivity index (χ3n) is 2.11. The van der Waals surface area contributed by atoms with Crippen molar-refractivity contribution in [1.29, 1.82) is 0 Å². The fourth-order valence-electron chi connectivity index (χ4n) is 1.41. The summed E-state index contributed by atoms with van der Waals surface area (Å²) in [7, 11) is 0. The number of nitrogens with zero attached hydrogens (tertiary/aromatic N) is 1.